The molecule has 0 bridgehead atoms. The number of alkyl halides is 1. The fourth-order valence-corrected chi connectivity index (χ4v) is 1.15. The van der Waals surface area contributed by atoms with Gasteiger partial charge >= 0.3 is 11.8 Å². The monoisotopic (exact) mass is 201 g/mol. The standard InChI is InChI=1S/C8H8FNO4/c1-14-7(11)6-4-2-3-5-8(6,9)10(12)13/h2-6H,1H3. The quantitative estimate of drug-likeness (QED) is 0.287. The lowest BCUT2D eigenvalue weighted by molar-refractivity contribution is -0.595. The molecule has 0 amide bonds. The van der Waals surface area contributed by atoms with Crippen molar-refractivity contribution in [3.8, 4) is 0 Å². The molecule has 76 valence electrons. The van der Waals surface area contributed by atoms with Crippen LogP contribution in [0.1, 0.15) is 0 Å². The van der Waals surface area contributed by atoms with E-state index in [4.69, 9.17) is 0 Å². The number of esters is 1. The molecule has 0 aromatic heterocycles. The molecule has 0 aromatic rings. The Bertz CT molecular complexity index is 325. The van der Waals surface area contributed by atoms with Crippen molar-refractivity contribution in [1.82, 2.24) is 0 Å². The van der Waals surface area contributed by atoms with E-state index in [1.807, 2.05) is 0 Å². The Hall–Kier alpha value is -1.72. The van der Waals surface area contributed by atoms with Gasteiger partial charge in [0.1, 0.15) is 0 Å². The van der Waals surface area contributed by atoms with Crippen LogP contribution in [0.25, 0.3) is 0 Å². The summed E-state index contributed by atoms with van der Waals surface area (Å²) in [6.45, 7) is 0. The average Bonchev–Trinajstić information content (AvgIpc) is 2.17. The minimum atomic E-state index is -2.90. The molecule has 2 unspecified atom stereocenters. The number of methoxy groups -OCH3 is 1. The molecule has 1 rings (SSSR count). The molecular weight excluding hydrogens is 193 g/mol. The van der Waals surface area contributed by atoms with Crippen LogP contribution in [-0.2, 0) is 9.53 Å². The summed E-state index contributed by atoms with van der Waals surface area (Å²) in [5.74, 6) is -5.39. The van der Waals surface area contributed by atoms with Gasteiger partial charge in [-0.2, -0.15) is 4.39 Å². The van der Waals surface area contributed by atoms with Crippen LogP contribution in [0.2, 0.25) is 0 Å². The number of nitrogens with zero attached hydrogens (tertiary/aromatic N) is 1. The highest BCUT2D eigenvalue weighted by molar-refractivity contribution is 5.76. The molecule has 1 aliphatic carbocycles. The van der Waals surface area contributed by atoms with Gasteiger partial charge in [-0.15, -0.1) is 0 Å². The van der Waals surface area contributed by atoms with Crippen molar-refractivity contribution in [2.24, 2.45) is 5.92 Å². The molecule has 0 heterocycles. The first-order valence-electron chi connectivity index (χ1n) is 3.79. The Labute approximate surface area is 79.0 Å². The van der Waals surface area contributed by atoms with Gasteiger partial charge in [0.2, 0.25) is 0 Å². The molecular formula is C8H8FNO4. The zero-order valence-electron chi connectivity index (χ0n) is 7.34. The lowest BCUT2D eigenvalue weighted by Crippen LogP contribution is -2.44. The summed E-state index contributed by atoms with van der Waals surface area (Å²) >= 11 is 0. The van der Waals surface area contributed by atoms with Gasteiger partial charge in [-0.3, -0.25) is 14.9 Å². The highest BCUT2D eigenvalue weighted by Crippen LogP contribution is 2.30. The summed E-state index contributed by atoms with van der Waals surface area (Å²) in [5, 5.41) is 10.4. The summed E-state index contributed by atoms with van der Waals surface area (Å²) < 4.78 is 17.9. The Kier molecular flexibility index (Phi) is 2.64. The molecule has 0 aromatic carbocycles. The van der Waals surface area contributed by atoms with Crippen molar-refractivity contribution in [2.45, 2.75) is 5.79 Å². The van der Waals surface area contributed by atoms with Crippen LogP contribution in [0.5, 0.6) is 0 Å². The van der Waals surface area contributed by atoms with Gasteiger partial charge < -0.3 is 4.74 Å². The first-order chi connectivity index (χ1) is 6.52. The number of carbonyl (C=O) groups excluding carboxylic acids is 1. The first kappa shape index (κ1) is 10.4. The third-order valence-corrected chi connectivity index (χ3v) is 1.92. The SMILES string of the molecule is COC(=O)C1C=CC=CC1(F)[N+](=O)[O-]. The summed E-state index contributed by atoms with van der Waals surface area (Å²) in [7, 11) is 1.05. The van der Waals surface area contributed by atoms with Crippen molar-refractivity contribution >= 4 is 5.97 Å². The number of rotatable bonds is 2. The van der Waals surface area contributed by atoms with Crippen LogP contribution in [0, 0.1) is 16.0 Å². The second-order valence-corrected chi connectivity index (χ2v) is 2.73. The number of hydrogen-bond acceptors (Lipinski definition) is 4. The Balaban J connectivity index is 3.04. The van der Waals surface area contributed by atoms with Crippen LogP contribution >= 0.6 is 0 Å². The van der Waals surface area contributed by atoms with E-state index in [0.29, 0.717) is 0 Å². The highest BCUT2D eigenvalue weighted by Gasteiger charge is 2.53. The summed E-state index contributed by atoms with van der Waals surface area (Å²) in [5.41, 5.74) is 0. The molecule has 6 heteroatoms. The van der Waals surface area contributed by atoms with Gasteiger partial charge in [-0.1, -0.05) is 18.2 Å². The van der Waals surface area contributed by atoms with E-state index < -0.39 is 22.6 Å². The molecule has 14 heavy (non-hydrogen) atoms. The first-order valence-corrected chi connectivity index (χ1v) is 3.79. The van der Waals surface area contributed by atoms with Gasteiger partial charge in [-0.05, 0) is 0 Å². The number of halogens is 1. The van der Waals surface area contributed by atoms with Gasteiger partial charge in [-0.25, -0.2) is 0 Å². The number of carbonyl (C=O) groups is 1. The third kappa shape index (κ3) is 1.50. The molecule has 2 atom stereocenters. The Morgan fingerprint density at radius 2 is 2.29 bits per heavy atom. The minimum Gasteiger partial charge on any atom is -0.468 e. The second-order valence-electron chi connectivity index (χ2n) is 2.73. The fraction of sp³-hybridized carbons (Fsp3) is 0.375. The average molecular weight is 201 g/mol. The molecule has 1 aliphatic rings. The largest absolute Gasteiger partial charge is 0.468 e. The normalized spacial score (nSPS) is 30.0. The van der Waals surface area contributed by atoms with E-state index in [9.17, 15) is 19.3 Å². The van der Waals surface area contributed by atoms with Crippen LogP contribution in [0.15, 0.2) is 24.3 Å². The maximum absolute atomic E-state index is 13.7. The Morgan fingerprint density at radius 3 is 2.79 bits per heavy atom. The van der Waals surface area contributed by atoms with Crippen LogP contribution < -0.4 is 0 Å². The van der Waals surface area contributed by atoms with Gasteiger partial charge in [0.25, 0.3) is 0 Å². The fourth-order valence-electron chi connectivity index (χ4n) is 1.15. The molecule has 5 nitrogen and oxygen atoms in total. The number of hydrogen-bond donors (Lipinski definition) is 0. The maximum atomic E-state index is 13.7. The van der Waals surface area contributed by atoms with Crippen molar-refractivity contribution in [3.63, 3.8) is 0 Å². The summed E-state index contributed by atoms with van der Waals surface area (Å²) in [6, 6.07) is 0. The van der Waals surface area contributed by atoms with E-state index >= 15 is 0 Å². The second kappa shape index (κ2) is 3.57. The van der Waals surface area contributed by atoms with Crippen LogP contribution in [0.4, 0.5) is 4.39 Å². The molecule has 0 radical (unpaired) electrons. The molecule has 0 saturated carbocycles. The highest BCUT2D eigenvalue weighted by atomic mass is 19.1. The van der Waals surface area contributed by atoms with Crippen molar-refractivity contribution in [3.05, 3.63) is 34.4 Å². The van der Waals surface area contributed by atoms with Gasteiger partial charge in [0.05, 0.1) is 12.0 Å². The third-order valence-electron chi connectivity index (χ3n) is 1.92. The van der Waals surface area contributed by atoms with Gasteiger partial charge in [0.15, 0.2) is 5.92 Å². The number of allylic oxidation sites excluding steroid dienone is 2. The van der Waals surface area contributed by atoms with Crippen LogP contribution in [-0.4, -0.2) is 23.8 Å². The lowest BCUT2D eigenvalue weighted by Gasteiger charge is -2.20. The molecule has 0 aliphatic heterocycles. The van der Waals surface area contributed by atoms with Crippen molar-refractivity contribution in [2.75, 3.05) is 7.11 Å². The van der Waals surface area contributed by atoms with E-state index in [-0.39, 0.29) is 0 Å². The van der Waals surface area contributed by atoms with E-state index in [2.05, 4.69) is 4.74 Å². The predicted molar refractivity (Wildman–Crippen MR) is 44.6 cm³/mol. The minimum absolute atomic E-state index is 0.731. The van der Waals surface area contributed by atoms with Crippen molar-refractivity contribution in [1.29, 1.82) is 0 Å². The molecule has 0 fully saturated rings. The topological polar surface area (TPSA) is 69.4 Å². The van der Waals surface area contributed by atoms with Gasteiger partial charge in [0, 0.05) is 6.08 Å². The van der Waals surface area contributed by atoms with E-state index in [0.717, 1.165) is 19.3 Å². The van der Waals surface area contributed by atoms with E-state index in [1.165, 1.54) is 12.2 Å². The summed E-state index contributed by atoms with van der Waals surface area (Å²) in [4.78, 5) is 20.3. The van der Waals surface area contributed by atoms with Crippen molar-refractivity contribution < 1.29 is 18.8 Å². The molecule has 0 spiro atoms. The maximum Gasteiger partial charge on any atom is 0.394 e. The van der Waals surface area contributed by atoms with E-state index in [1.54, 1.807) is 0 Å². The molecule has 0 saturated heterocycles. The lowest BCUT2D eigenvalue weighted by atomic mass is 9.93. The number of nitro groups is 1. The predicted octanol–water partition coefficient (Wildman–Crippen LogP) is 0.844. The molecule has 0 N–H and O–H groups in total. The smallest absolute Gasteiger partial charge is 0.394 e. The zero-order valence-corrected chi connectivity index (χ0v) is 7.34. The zero-order chi connectivity index (χ0) is 10.8. The Morgan fingerprint density at radius 1 is 1.64 bits per heavy atom. The van der Waals surface area contributed by atoms with Crippen LogP contribution in [0.3, 0.4) is 0 Å². The number of ether oxygens (including phenoxy) is 1. The summed E-state index contributed by atoms with van der Waals surface area (Å²) in [6.07, 6.45) is 4.38.